The third-order valence-corrected chi connectivity index (χ3v) is 7.06. The summed E-state index contributed by atoms with van der Waals surface area (Å²) in [6, 6.07) is 15.6. The summed E-state index contributed by atoms with van der Waals surface area (Å²) in [6.45, 7) is 0. The summed E-state index contributed by atoms with van der Waals surface area (Å²) >= 11 is 26.1. The molecule has 0 radical (unpaired) electrons. The first-order valence-electron chi connectivity index (χ1n) is 8.94. The van der Waals surface area contributed by atoms with Gasteiger partial charge in [0.05, 0.1) is 15.7 Å². The van der Waals surface area contributed by atoms with E-state index in [0.29, 0.717) is 53.2 Å². The molecule has 5 aromatic rings. The third kappa shape index (κ3) is 3.88. The summed E-state index contributed by atoms with van der Waals surface area (Å²) < 4.78 is 6.63. The van der Waals surface area contributed by atoms with Crippen LogP contribution in [-0.4, -0.2) is 10.9 Å². The molecular weight excluding hydrogens is 498 g/mol. The van der Waals surface area contributed by atoms with Crippen LogP contribution in [0, 0.1) is 0 Å². The SMILES string of the molecule is O=C(Nc1cc(-c2nc3cc(Cl)ccc3o2)ccc1Cl)c1sc2cc(Cl)ccc2c1Cl. The molecular formula is C22H10Cl4N2O2S. The first-order valence-corrected chi connectivity index (χ1v) is 11.3. The molecule has 4 nitrogen and oxygen atoms in total. The maximum absolute atomic E-state index is 12.9. The number of hydrogen-bond donors (Lipinski definition) is 1. The lowest BCUT2D eigenvalue weighted by Gasteiger charge is -2.08. The summed E-state index contributed by atoms with van der Waals surface area (Å²) in [7, 11) is 0. The third-order valence-electron chi connectivity index (χ3n) is 4.61. The summed E-state index contributed by atoms with van der Waals surface area (Å²) in [5.41, 5.74) is 2.31. The molecule has 3 aromatic carbocycles. The van der Waals surface area contributed by atoms with Crippen LogP contribution in [0.5, 0.6) is 0 Å². The summed E-state index contributed by atoms with van der Waals surface area (Å²) in [5, 5.41) is 5.49. The minimum absolute atomic E-state index is 0.370. The monoisotopic (exact) mass is 506 g/mol. The van der Waals surface area contributed by atoms with Gasteiger partial charge in [0.2, 0.25) is 5.89 Å². The molecule has 2 aromatic heterocycles. The number of nitrogens with zero attached hydrogens (tertiary/aromatic N) is 1. The van der Waals surface area contributed by atoms with Crippen LogP contribution in [0.4, 0.5) is 5.69 Å². The number of thiophene rings is 1. The lowest BCUT2D eigenvalue weighted by Crippen LogP contribution is -2.11. The second-order valence-corrected chi connectivity index (χ2v) is 9.38. The van der Waals surface area contributed by atoms with Gasteiger partial charge in [-0.15, -0.1) is 11.3 Å². The van der Waals surface area contributed by atoms with Crippen LogP contribution >= 0.6 is 57.7 Å². The minimum atomic E-state index is -0.370. The fraction of sp³-hybridized carbons (Fsp3) is 0. The smallest absolute Gasteiger partial charge is 0.267 e. The van der Waals surface area contributed by atoms with Crippen molar-refractivity contribution in [2.45, 2.75) is 0 Å². The number of halogens is 4. The number of benzene rings is 3. The number of nitrogens with one attached hydrogen (secondary N) is 1. The highest BCUT2D eigenvalue weighted by atomic mass is 35.5. The molecule has 154 valence electrons. The average Bonchev–Trinajstić information content (AvgIpc) is 3.30. The van der Waals surface area contributed by atoms with Gasteiger partial charge in [-0.1, -0.05) is 52.5 Å². The van der Waals surface area contributed by atoms with Crippen molar-refractivity contribution in [2.24, 2.45) is 0 Å². The Kier molecular flexibility index (Phi) is 5.32. The molecule has 0 aliphatic carbocycles. The van der Waals surface area contributed by atoms with Crippen LogP contribution < -0.4 is 5.32 Å². The largest absolute Gasteiger partial charge is 0.436 e. The molecule has 1 amide bonds. The van der Waals surface area contributed by atoms with Gasteiger partial charge in [-0.2, -0.15) is 0 Å². The molecule has 0 saturated carbocycles. The summed E-state index contributed by atoms with van der Waals surface area (Å²) in [4.78, 5) is 17.8. The van der Waals surface area contributed by atoms with Gasteiger partial charge in [0.1, 0.15) is 10.4 Å². The number of aromatic nitrogens is 1. The van der Waals surface area contributed by atoms with Gasteiger partial charge in [-0.3, -0.25) is 4.79 Å². The molecule has 0 unspecified atom stereocenters. The molecule has 31 heavy (non-hydrogen) atoms. The number of carbonyl (C=O) groups is 1. The standard InChI is InChI=1S/C22H10Cl4N2O2S/c23-11-3-6-17-16(8-11)28-22(30-17)10-1-5-14(25)15(7-10)27-21(29)20-19(26)13-4-2-12(24)9-18(13)31-20/h1-9H,(H,27,29). The van der Waals surface area contributed by atoms with Crippen molar-refractivity contribution in [3.05, 3.63) is 79.6 Å². The van der Waals surface area contributed by atoms with Gasteiger partial charge in [0.25, 0.3) is 5.91 Å². The normalized spacial score (nSPS) is 11.4. The van der Waals surface area contributed by atoms with Crippen molar-refractivity contribution in [3.63, 3.8) is 0 Å². The van der Waals surface area contributed by atoms with E-state index in [0.717, 1.165) is 10.1 Å². The van der Waals surface area contributed by atoms with Gasteiger partial charge in [-0.25, -0.2) is 4.98 Å². The van der Waals surface area contributed by atoms with E-state index in [1.54, 1.807) is 54.6 Å². The highest BCUT2D eigenvalue weighted by Crippen LogP contribution is 2.38. The lowest BCUT2D eigenvalue weighted by molar-refractivity contribution is 0.103. The van der Waals surface area contributed by atoms with Crippen LogP contribution in [0.15, 0.2) is 59.0 Å². The molecule has 0 atom stereocenters. The van der Waals surface area contributed by atoms with E-state index in [2.05, 4.69) is 10.3 Å². The van der Waals surface area contributed by atoms with E-state index >= 15 is 0 Å². The molecule has 9 heteroatoms. The fourth-order valence-corrected chi connectivity index (χ4v) is 5.16. The van der Waals surface area contributed by atoms with Gasteiger partial charge in [0.15, 0.2) is 5.58 Å². The number of anilines is 1. The second-order valence-electron chi connectivity index (χ2n) is 6.67. The van der Waals surface area contributed by atoms with E-state index in [1.165, 1.54) is 11.3 Å². The van der Waals surface area contributed by atoms with Crippen molar-refractivity contribution in [2.75, 3.05) is 5.32 Å². The Labute approximate surface area is 200 Å². The molecule has 0 aliphatic heterocycles. The van der Waals surface area contributed by atoms with Crippen molar-refractivity contribution in [3.8, 4) is 11.5 Å². The van der Waals surface area contributed by atoms with Crippen LogP contribution in [0.3, 0.4) is 0 Å². The molecule has 2 heterocycles. The number of rotatable bonds is 3. The van der Waals surface area contributed by atoms with Gasteiger partial charge in [-0.05, 0) is 48.5 Å². The Morgan fingerprint density at radius 3 is 2.55 bits per heavy atom. The minimum Gasteiger partial charge on any atom is -0.436 e. The highest BCUT2D eigenvalue weighted by Gasteiger charge is 2.19. The first kappa shape index (κ1) is 20.6. The van der Waals surface area contributed by atoms with E-state index in [4.69, 9.17) is 50.8 Å². The van der Waals surface area contributed by atoms with Crippen LogP contribution in [0.2, 0.25) is 20.1 Å². The Balaban J connectivity index is 1.49. The maximum atomic E-state index is 12.9. The second kappa shape index (κ2) is 8.01. The van der Waals surface area contributed by atoms with Crippen LogP contribution in [0.1, 0.15) is 9.67 Å². The highest BCUT2D eigenvalue weighted by molar-refractivity contribution is 7.21. The fourth-order valence-electron chi connectivity index (χ4n) is 3.14. The molecule has 5 rings (SSSR count). The van der Waals surface area contributed by atoms with Gasteiger partial charge < -0.3 is 9.73 Å². The van der Waals surface area contributed by atoms with Crippen LogP contribution in [0.25, 0.3) is 32.6 Å². The zero-order valence-electron chi connectivity index (χ0n) is 15.4. The number of hydrogen-bond acceptors (Lipinski definition) is 4. The van der Waals surface area contributed by atoms with Crippen molar-refractivity contribution >= 4 is 90.5 Å². The van der Waals surface area contributed by atoms with Crippen molar-refractivity contribution < 1.29 is 9.21 Å². The molecule has 0 saturated heterocycles. The van der Waals surface area contributed by atoms with Crippen LogP contribution in [-0.2, 0) is 0 Å². The van der Waals surface area contributed by atoms with Crippen molar-refractivity contribution in [1.29, 1.82) is 0 Å². The Hall–Kier alpha value is -2.28. The quantitative estimate of drug-likeness (QED) is 0.266. The van der Waals surface area contributed by atoms with E-state index in [9.17, 15) is 4.79 Å². The van der Waals surface area contributed by atoms with E-state index < -0.39 is 0 Å². The summed E-state index contributed by atoms with van der Waals surface area (Å²) in [5.74, 6) is 0.0182. The molecule has 0 spiro atoms. The maximum Gasteiger partial charge on any atom is 0.267 e. The van der Waals surface area contributed by atoms with E-state index in [-0.39, 0.29) is 5.91 Å². The molecule has 1 N–H and O–H groups in total. The molecule has 0 bridgehead atoms. The predicted molar refractivity (Wildman–Crippen MR) is 129 cm³/mol. The predicted octanol–water partition coefficient (Wildman–Crippen LogP) is 8.58. The lowest BCUT2D eigenvalue weighted by atomic mass is 10.2. The molecule has 0 aliphatic rings. The molecule has 0 fully saturated rings. The number of carbonyl (C=O) groups excluding carboxylic acids is 1. The van der Waals surface area contributed by atoms with Crippen molar-refractivity contribution in [1.82, 2.24) is 4.98 Å². The topological polar surface area (TPSA) is 55.1 Å². The zero-order valence-corrected chi connectivity index (χ0v) is 19.2. The van der Waals surface area contributed by atoms with E-state index in [1.807, 2.05) is 0 Å². The zero-order chi connectivity index (χ0) is 21.7. The Morgan fingerprint density at radius 2 is 1.71 bits per heavy atom. The van der Waals surface area contributed by atoms with Gasteiger partial charge >= 0.3 is 0 Å². The summed E-state index contributed by atoms with van der Waals surface area (Å²) in [6.07, 6.45) is 0. The number of amides is 1. The first-order chi connectivity index (χ1) is 14.9. The number of oxazole rings is 1. The Morgan fingerprint density at radius 1 is 0.935 bits per heavy atom. The van der Waals surface area contributed by atoms with Gasteiger partial charge in [0, 0.05) is 25.7 Å². The average molecular weight is 508 g/mol. The Bertz CT molecular complexity index is 1490. The number of fused-ring (bicyclic) bond motifs is 2.